The molecule has 1 aliphatic rings. The zero-order valence-corrected chi connectivity index (χ0v) is 12.7. The van der Waals surface area contributed by atoms with Gasteiger partial charge < -0.3 is 14.2 Å². The molecule has 1 aromatic rings. The second kappa shape index (κ2) is 5.45. The van der Waals surface area contributed by atoms with Gasteiger partial charge in [0.05, 0.1) is 0 Å². The number of aromatic nitrogens is 2. The lowest BCUT2D eigenvalue weighted by atomic mass is 10.0. The molecule has 2 heterocycles. The van der Waals surface area contributed by atoms with Crippen molar-refractivity contribution in [1.82, 2.24) is 14.5 Å². The number of likely N-dealkylation sites (tertiary alicyclic amines) is 1. The summed E-state index contributed by atoms with van der Waals surface area (Å²) in [5, 5.41) is 1.02. The van der Waals surface area contributed by atoms with Crippen molar-refractivity contribution in [2.24, 2.45) is 13.0 Å². The molecular weight excluding hydrogens is 262 g/mol. The third kappa shape index (κ3) is 3.89. The van der Waals surface area contributed by atoms with Crippen molar-refractivity contribution in [1.29, 1.82) is 0 Å². The predicted octanol–water partition coefficient (Wildman–Crippen LogP) is 2.38. The van der Waals surface area contributed by atoms with Gasteiger partial charge in [0.2, 0.25) is 0 Å². The number of imidazole rings is 1. The van der Waals surface area contributed by atoms with Gasteiger partial charge in [-0.2, -0.15) is 0 Å². The molecule has 0 atom stereocenters. The summed E-state index contributed by atoms with van der Waals surface area (Å²) < 4.78 is 7.33. The van der Waals surface area contributed by atoms with E-state index in [1.165, 1.54) is 0 Å². The van der Waals surface area contributed by atoms with Gasteiger partial charge in [-0.15, -0.1) is 0 Å². The molecule has 19 heavy (non-hydrogen) atoms. The molecule has 6 heteroatoms. The van der Waals surface area contributed by atoms with Gasteiger partial charge in [0, 0.05) is 44.2 Å². The standard InChI is InChI=1S/C13H21N3O2S/c1-13(2,3)18-12(17)16-7-10(8-16)9-19-11-14-5-6-15(11)4/h5-6,10H,7-9H2,1-4H3. The predicted molar refractivity (Wildman–Crippen MR) is 75.2 cm³/mol. The van der Waals surface area contributed by atoms with Gasteiger partial charge in [0.1, 0.15) is 5.60 Å². The number of hydrogen-bond donors (Lipinski definition) is 0. The Morgan fingerprint density at radius 3 is 2.74 bits per heavy atom. The first kappa shape index (κ1) is 14.2. The van der Waals surface area contributed by atoms with E-state index in [9.17, 15) is 4.79 Å². The maximum Gasteiger partial charge on any atom is 0.410 e. The van der Waals surface area contributed by atoms with E-state index < -0.39 is 5.60 Å². The molecule has 106 valence electrons. The first-order chi connectivity index (χ1) is 8.85. The van der Waals surface area contributed by atoms with Crippen LogP contribution in [-0.2, 0) is 11.8 Å². The van der Waals surface area contributed by atoms with Gasteiger partial charge >= 0.3 is 6.09 Å². The van der Waals surface area contributed by atoms with Crippen LogP contribution < -0.4 is 0 Å². The lowest BCUT2D eigenvalue weighted by Gasteiger charge is -2.39. The summed E-state index contributed by atoms with van der Waals surface area (Å²) in [6.45, 7) is 7.23. The SMILES string of the molecule is Cn1ccnc1SCC1CN(C(=O)OC(C)(C)C)C1. The van der Waals surface area contributed by atoms with Gasteiger partial charge in [-0.1, -0.05) is 11.8 Å². The molecule has 1 aliphatic heterocycles. The molecule has 1 amide bonds. The highest BCUT2D eigenvalue weighted by atomic mass is 32.2. The third-order valence-electron chi connectivity index (χ3n) is 2.83. The number of nitrogens with zero attached hydrogens (tertiary/aromatic N) is 3. The summed E-state index contributed by atoms with van der Waals surface area (Å²) in [4.78, 5) is 17.8. The Hall–Kier alpha value is -1.17. The number of rotatable bonds is 3. The highest BCUT2D eigenvalue weighted by molar-refractivity contribution is 7.99. The quantitative estimate of drug-likeness (QED) is 0.799. The molecule has 2 rings (SSSR count). The van der Waals surface area contributed by atoms with Crippen LogP contribution in [-0.4, -0.2) is 45.0 Å². The van der Waals surface area contributed by atoms with E-state index in [1.807, 2.05) is 38.6 Å². The molecule has 0 spiro atoms. The third-order valence-corrected chi connectivity index (χ3v) is 4.12. The van der Waals surface area contributed by atoms with Gasteiger partial charge in [0.25, 0.3) is 0 Å². The average molecular weight is 283 g/mol. The summed E-state index contributed by atoms with van der Waals surface area (Å²) in [5.74, 6) is 1.53. The Labute approximate surface area is 118 Å². The zero-order valence-electron chi connectivity index (χ0n) is 11.9. The Morgan fingerprint density at radius 1 is 1.53 bits per heavy atom. The van der Waals surface area contributed by atoms with Crippen LogP contribution in [0.15, 0.2) is 17.6 Å². The number of amides is 1. The van der Waals surface area contributed by atoms with Gasteiger partial charge in [0.15, 0.2) is 5.16 Å². The molecular formula is C13H21N3O2S. The second-order valence-electron chi connectivity index (χ2n) is 5.88. The van der Waals surface area contributed by atoms with Crippen molar-refractivity contribution >= 4 is 17.9 Å². The van der Waals surface area contributed by atoms with E-state index in [4.69, 9.17) is 4.74 Å². The highest BCUT2D eigenvalue weighted by Gasteiger charge is 2.33. The van der Waals surface area contributed by atoms with E-state index in [0.29, 0.717) is 5.92 Å². The molecule has 0 saturated carbocycles. The fourth-order valence-electron chi connectivity index (χ4n) is 1.83. The molecule has 1 saturated heterocycles. The molecule has 0 bridgehead atoms. The van der Waals surface area contributed by atoms with Crippen molar-refractivity contribution in [2.45, 2.75) is 31.5 Å². The number of hydrogen-bond acceptors (Lipinski definition) is 4. The molecule has 0 unspecified atom stereocenters. The van der Waals surface area contributed by atoms with Crippen molar-refractivity contribution in [3.63, 3.8) is 0 Å². The minimum atomic E-state index is -0.413. The van der Waals surface area contributed by atoms with Crippen LogP contribution in [0, 0.1) is 5.92 Å². The first-order valence-electron chi connectivity index (χ1n) is 6.43. The smallest absolute Gasteiger partial charge is 0.410 e. The lowest BCUT2D eigenvalue weighted by Crippen LogP contribution is -2.52. The van der Waals surface area contributed by atoms with Crippen molar-refractivity contribution in [3.05, 3.63) is 12.4 Å². The number of thioether (sulfide) groups is 1. The fraction of sp³-hybridized carbons (Fsp3) is 0.692. The van der Waals surface area contributed by atoms with Gasteiger partial charge in [-0.25, -0.2) is 9.78 Å². The maximum atomic E-state index is 11.8. The number of aryl methyl sites for hydroxylation is 1. The average Bonchev–Trinajstić information content (AvgIpc) is 2.59. The molecule has 0 N–H and O–H groups in total. The summed E-state index contributed by atoms with van der Waals surface area (Å²) in [7, 11) is 1.99. The summed E-state index contributed by atoms with van der Waals surface area (Å²) >= 11 is 1.74. The van der Waals surface area contributed by atoms with Crippen molar-refractivity contribution < 1.29 is 9.53 Å². The van der Waals surface area contributed by atoms with Crippen LogP contribution in [0.2, 0.25) is 0 Å². The van der Waals surface area contributed by atoms with Crippen molar-refractivity contribution in [2.75, 3.05) is 18.8 Å². The van der Waals surface area contributed by atoms with Crippen LogP contribution in [0.3, 0.4) is 0 Å². The molecule has 0 aromatic carbocycles. The molecule has 1 aromatic heterocycles. The van der Waals surface area contributed by atoms with E-state index in [-0.39, 0.29) is 6.09 Å². The molecule has 0 aliphatic carbocycles. The zero-order chi connectivity index (χ0) is 14.0. The summed E-state index contributed by atoms with van der Waals surface area (Å²) in [6.07, 6.45) is 3.54. The summed E-state index contributed by atoms with van der Waals surface area (Å²) in [6, 6.07) is 0. The Morgan fingerprint density at radius 2 is 2.21 bits per heavy atom. The second-order valence-corrected chi connectivity index (χ2v) is 6.87. The van der Waals surface area contributed by atoms with E-state index in [0.717, 1.165) is 24.0 Å². The van der Waals surface area contributed by atoms with Gasteiger partial charge in [-0.05, 0) is 20.8 Å². The van der Waals surface area contributed by atoms with E-state index in [2.05, 4.69) is 4.98 Å². The lowest BCUT2D eigenvalue weighted by molar-refractivity contribution is 0.00214. The molecule has 0 radical (unpaired) electrons. The highest BCUT2D eigenvalue weighted by Crippen LogP contribution is 2.25. The Kier molecular flexibility index (Phi) is 4.08. The Balaban J connectivity index is 1.69. The minimum Gasteiger partial charge on any atom is -0.444 e. The first-order valence-corrected chi connectivity index (χ1v) is 7.42. The van der Waals surface area contributed by atoms with E-state index >= 15 is 0 Å². The molecule has 1 fully saturated rings. The molecule has 5 nitrogen and oxygen atoms in total. The normalized spacial score (nSPS) is 16.3. The van der Waals surface area contributed by atoms with Crippen LogP contribution in [0.4, 0.5) is 4.79 Å². The van der Waals surface area contributed by atoms with Crippen LogP contribution in [0.25, 0.3) is 0 Å². The van der Waals surface area contributed by atoms with Crippen LogP contribution in [0.1, 0.15) is 20.8 Å². The minimum absolute atomic E-state index is 0.203. The summed E-state index contributed by atoms with van der Waals surface area (Å²) in [5.41, 5.74) is -0.413. The monoisotopic (exact) mass is 283 g/mol. The van der Waals surface area contributed by atoms with Crippen molar-refractivity contribution in [3.8, 4) is 0 Å². The largest absolute Gasteiger partial charge is 0.444 e. The fourth-order valence-corrected chi connectivity index (χ4v) is 2.83. The van der Waals surface area contributed by atoms with Crippen LogP contribution in [0.5, 0.6) is 0 Å². The van der Waals surface area contributed by atoms with Crippen LogP contribution >= 0.6 is 11.8 Å². The van der Waals surface area contributed by atoms with E-state index in [1.54, 1.807) is 22.9 Å². The topological polar surface area (TPSA) is 47.4 Å². The van der Waals surface area contributed by atoms with Gasteiger partial charge in [-0.3, -0.25) is 0 Å². The maximum absolute atomic E-state index is 11.8. The Bertz CT molecular complexity index is 447. The number of ether oxygens (including phenoxy) is 1. The number of carbonyl (C=O) groups is 1. The number of carbonyl (C=O) groups excluding carboxylic acids is 1.